The van der Waals surface area contributed by atoms with Gasteiger partial charge in [0.1, 0.15) is 11.6 Å². The Morgan fingerprint density at radius 2 is 2.00 bits per heavy atom. The molecule has 25 heavy (non-hydrogen) atoms. The summed E-state index contributed by atoms with van der Waals surface area (Å²) in [5.74, 6) is -1.42. The van der Waals surface area contributed by atoms with E-state index in [-0.39, 0.29) is 25.7 Å². The number of esters is 1. The van der Waals surface area contributed by atoms with Crippen LogP contribution < -0.4 is 5.32 Å². The number of ether oxygens (including phenoxy) is 2. The minimum Gasteiger partial charge on any atom is -0.454 e. The first-order valence-corrected chi connectivity index (χ1v) is 8.33. The van der Waals surface area contributed by atoms with E-state index in [9.17, 15) is 14.4 Å². The number of carbonyl (C=O) groups is 3. The Hall–Kier alpha value is -2.52. The summed E-state index contributed by atoms with van der Waals surface area (Å²) < 4.78 is 11.2. The average molecular weight is 365 g/mol. The van der Waals surface area contributed by atoms with Gasteiger partial charge in [-0.2, -0.15) is 0 Å². The Bertz CT molecular complexity index is 728. The quantitative estimate of drug-likeness (QED) is 0.687. The van der Waals surface area contributed by atoms with Gasteiger partial charge in [-0.3, -0.25) is 9.59 Å². The summed E-state index contributed by atoms with van der Waals surface area (Å²) >= 11 is 1.49. The van der Waals surface area contributed by atoms with Crippen molar-refractivity contribution in [3.05, 3.63) is 29.3 Å². The van der Waals surface area contributed by atoms with Crippen LogP contribution in [0.3, 0.4) is 0 Å². The van der Waals surface area contributed by atoms with Crippen LogP contribution >= 0.6 is 11.3 Å². The number of amides is 2. The molecule has 9 heteroatoms. The molecule has 0 radical (unpaired) electrons. The molecule has 0 unspecified atom stereocenters. The molecule has 0 spiro atoms. The Kier molecular flexibility index (Phi) is 6.84. The smallest absolute Gasteiger partial charge is 0.332 e. The molecule has 1 heterocycles. The second-order valence-electron chi connectivity index (χ2n) is 5.15. The summed E-state index contributed by atoms with van der Waals surface area (Å²) in [4.78, 5) is 40.0. The highest BCUT2D eigenvalue weighted by Crippen LogP contribution is 2.21. The summed E-state index contributed by atoms with van der Waals surface area (Å²) in [7, 11) is 2.93. The van der Waals surface area contributed by atoms with Crippen molar-refractivity contribution in [2.24, 2.45) is 0 Å². The number of carbonyl (C=O) groups excluding carboxylic acids is 3. The zero-order valence-corrected chi connectivity index (χ0v) is 14.8. The molecule has 2 rings (SSSR count). The van der Waals surface area contributed by atoms with E-state index < -0.39 is 18.5 Å². The lowest BCUT2D eigenvalue weighted by Gasteiger charge is -2.15. The molecule has 1 aromatic carbocycles. The predicted octanol–water partition coefficient (Wildman–Crippen LogP) is 0.561. The second-order valence-corrected chi connectivity index (χ2v) is 6.27. The van der Waals surface area contributed by atoms with E-state index in [0.717, 1.165) is 15.2 Å². The van der Waals surface area contributed by atoms with E-state index in [4.69, 9.17) is 9.47 Å². The van der Waals surface area contributed by atoms with Gasteiger partial charge >= 0.3 is 5.97 Å². The number of para-hydroxylation sites is 1. The SMILES string of the molecule is CNC(=O)CN(C)C(=O)COC(=O)COCc1nc2ccccc2s1. The van der Waals surface area contributed by atoms with Gasteiger partial charge < -0.3 is 19.7 Å². The minimum absolute atomic E-state index is 0.0962. The fourth-order valence-electron chi connectivity index (χ4n) is 1.88. The molecule has 2 amide bonds. The normalized spacial score (nSPS) is 10.5. The van der Waals surface area contributed by atoms with Crippen LogP contribution in [0.25, 0.3) is 10.2 Å². The molecule has 0 bridgehead atoms. The highest BCUT2D eigenvalue weighted by atomic mass is 32.1. The molecule has 0 aliphatic carbocycles. The van der Waals surface area contributed by atoms with Crippen molar-refractivity contribution in [3.63, 3.8) is 0 Å². The van der Waals surface area contributed by atoms with Crippen molar-refractivity contribution in [2.45, 2.75) is 6.61 Å². The maximum absolute atomic E-state index is 11.7. The lowest BCUT2D eigenvalue weighted by Crippen LogP contribution is -2.39. The van der Waals surface area contributed by atoms with Gasteiger partial charge in [-0.25, -0.2) is 9.78 Å². The summed E-state index contributed by atoms with van der Waals surface area (Å²) in [6.45, 7) is -0.612. The van der Waals surface area contributed by atoms with Crippen LogP contribution in [-0.2, 0) is 30.5 Å². The standard InChI is InChI=1S/C16H19N3O5S/c1-17-13(20)7-19(2)15(21)9-24-16(22)10-23-8-14-18-11-5-3-4-6-12(11)25-14/h3-6H,7-10H2,1-2H3,(H,17,20). The molecule has 0 aliphatic rings. The zero-order chi connectivity index (χ0) is 18.2. The van der Waals surface area contributed by atoms with Gasteiger partial charge in [0, 0.05) is 14.1 Å². The minimum atomic E-state index is -0.650. The Morgan fingerprint density at radius 1 is 1.24 bits per heavy atom. The zero-order valence-electron chi connectivity index (χ0n) is 14.0. The van der Waals surface area contributed by atoms with E-state index in [2.05, 4.69) is 10.3 Å². The van der Waals surface area contributed by atoms with Gasteiger partial charge in [-0.05, 0) is 12.1 Å². The third kappa shape index (κ3) is 5.80. The number of benzene rings is 1. The summed E-state index contributed by atoms with van der Waals surface area (Å²) in [6, 6.07) is 7.71. The van der Waals surface area contributed by atoms with Gasteiger partial charge in [0.2, 0.25) is 5.91 Å². The first-order valence-electron chi connectivity index (χ1n) is 7.52. The number of thiazole rings is 1. The van der Waals surface area contributed by atoms with Gasteiger partial charge in [-0.1, -0.05) is 12.1 Å². The molecular formula is C16H19N3O5S. The van der Waals surface area contributed by atoms with E-state index in [1.165, 1.54) is 30.3 Å². The highest BCUT2D eigenvalue weighted by molar-refractivity contribution is 7.18. The highest BCUT2D eigenvalue weighted by Gasteiger charge is 2.14. The fourth-order valence-corrected chi connectivity index (χ4v) is 2.79. The Morgan fingerprint density at radius 3 is 2.72 bits per heavy atom. The first-order chi connectivity index (χ1) is 12.0. The van der Waals surface area contributed by atoms with E-state index >= 15 is 0 Å². The number of hydrogen-bond acceptors (Lipinski definition) is 7. The predicted molar refractivity (Wildman–Crippen MR) is 91.9 cm³/mol. The molecule has 2 aromatic rings. The topological polar surface area (TPSA) is 97.8 Å². The lowest BCUT2D eigenvalue weighted by molar-refractivity contribution is -0.155. The first kappa shape index (κ1) is 18.8. The van der Waals surface area contributed by atoms with Crippen molar-refractivity contribution in [3.8, 4) is 0 Å². The van der Waals surface area contributed by atoms with Crippen molar-refractivity contribution in [1.82, 2.24) is 15.2 Å². The summed E-state index contributed by atoms with van der Waals surface area (Å²) in [5, 5.41) is 3.16. The van der Waals surface area contributed by atoms with Crippen molar-refractivity contribution in [2.75, 3.05) is 33.9 Å². The van der Waals surface area contributed by atoms with Crippen LogP contribution in [0.5, 0.6) is 0 Å². The molecular weight excluding hydrogens is 346 g/mol. The third-order valence-electron chi connectivity index (χ3n) is 3.23. The van der Waals surface area contributed by atoms with Crippen LogP contribution in [-0.4, -0.2) is 61.5 Å². The number of fused-ring (bicyclic) bond motifs is 1. The van der Waals surface area contributed by atoms with Crippen LogP contribution in [0.4, 0.5) is 0 Å². The van der Waals surface area contributed by atoms with Crippen LogP contribution in [0.2, 0.25) is 0 Å². The van der Waals surface area contributed by atoms with Crippen LogP contribution in [0.1, 0.15) is 5.01 Å². The average Bonchev–Trinajstić information content (AvgIpc) is 3.02. The number of rotatable bonds is 8. The molecule has 0 fully saturated rings. The third-order valence-corrected chi connectivity index (χ3v) is 4.24. The van der Waals surface area contributed by atoms with Crippen molar-refractivity contribution >= 4 is 39.3 Å². The molecule has 0 atom stereocenters. The maximum Gasteiger partial charge on any atom is 0.332 e. The molecule has 0 aliphatic heterocycles. The van der Waals surface area contributed by atoms with Crippen molar-refractivity contribution in [1.29, 1.82) is 0 Å². The molecule has 134 valence electrons. The van der Waals surface area contributed by atoms with Crippen LogP contribution in [0.15, 0.2) is 24.3 Å². The maximum atomic E-state index is 11.7. The van der Waals surface area contributed by atoms with Crippen molar-refractivity contribution < 1.29 is 23.9 Å². The molecule has 0 saturated heterocycles. The van der Waals surface area contributed by atoms with Crippen LogP contribution in [0, 0.1) is 0 Å². The van der Waals surface area contributed by atoms with E-state index in [1.807, 2.05) is 24.3 Å². The number of nitrogens with one attached hydrogen (secondary N) is 1. The van der Waals surface area contributed by atoms with Gasteiger partial charge in [0.25, 0.3) is 5.91 Å². The van der Waals surface area contributed by atoms with Gasteiger partial charge in [0.05, 0.1) is 23.4 Å². The molecule has 1 aromatic heterocycles. The molecule has 0 saturated carbocycles. The number of hydrogen-bond donors (Lipinski definition) is 1. The second kappa shape index (κ2) is 9.09. The number of aromatic nitrogens is 1. The summed E-state index contributed by atoms with van der Waals surface area (Å²) in [5.41, 5.74) is 0.887. The Balaban J connectivity index is 1.68. The lowest BCUT2D eigenvalue weighted by atomic mass is 10.3. The number of nitrogens with zero attached hydrogens (tertiary/aromatic N) is 2. The van der Waals surface area contributed by atoms with E-state index in [0.29, 0.717) is 0 Å². The fraction of sp³-hybridized carbons (Fsp3) is 0.375. The van der Waals surface area contributed by atoms with Gasteiger partial charge in [-0.15, -0.1) is 11.3 Å². The molecule has 8 nitrogen and oxygen atoms in total. The van der Waals surface area contributed by atoms with Gasteiger partial charge in [0.15, 0.2) is 6.61 Å². The Labute approximate surface area is 148 Å². The van der Waals surface area contributed by atoms with E-state index in [1.54, 1.807) is 0 Å². The largest absolute Gasteiger partial charge is 0.454 e. The number of likely N-dealkylation sites (N-methyl/N-ethyl adjacent to an activating group) is 2. The summed E-state index contributed by atoms with van der Waals surface area (Å²) in [6.07, 6.45) is 0. The molecule has 1 N–H and O–H groups in total. The monoisotopic (exact) mass is 365 g/mol.